The molecule has 0 bridgehead atoms. The van der Waals surface area contributed by atoms with Crippen LogP contribution in [0.15, 0.2) is 22.7 Å². The van der Waals surface area contributed by atoms with Crippen LogP contribution in [-0.4, -0.2) is 6.54 Å². The molecule has 0 aliphatic heterocycles. The molecule has 0 spiro atoms. The maximum absolute atomic E-state index is 3.46. The van der Waals surface area contributed by atoms with E-state index in [0.29, 0.717) is 5.41 Å². The summed E-state index contributed by atoms with van der Waals surface area (Å²) >= 11 is 3.46. The van der Waals surface area contributed by atoms with Crippen molar-refractivity contribution >= 4 is 21.6 Å². The van der Waals surface area contributed by atoms with Crippen LogP contribution in [-0.2, 0) is 0 Å². The predicted molar refractivity (Wildman–Crippen MR) is 66.8 cm³/mol. The number of hydrogen-bond donors (Lipinski definition) is 1. The smallest absolute Gasteiger partial charge is 0.0370 e. The molecule has 0 heterocycles. The first-order chi connectivity index (χ1) is 6.38. The second-order valence-corrected chi connectivity index (χ2v) is 5.79. The van der Waals surface area contributed by atoms with Gasteiger partial charge in [0.05, 0.1) is 0 Å². The third kappa shape index (κ3) is 3.70. The van der Waals surface area contributed by atoms with Crippen molar-refractivity contribution in [3.05, 3.63) is 28.2 Å². The lowest BCUT2D eigenvalue weighted by Gasteiger charge is -2.20. The van der Waals surface area contributed by atoms with E-state index in [4.69, 9.17) is 0 Å². The van der Waals surface area contributed by atoms with Crippen molar-refractivity contribution in [1.82, 2.24) is 0 Å². The molecule has 1 nitrogen and oxygen atoms in total. The lowest BCUT2D eigenvalue weighted by molar-refractivity contribution is 0.443. The van der Waals surface area contributed by atoms with Gasteiger partial charge in [-0.3, -0.25) is 0 Å². The van der Waals surface area contributed by atoms with E-state index in [1.54, 1.807) is 0 Å². The van der Waals surface area contributed by atoms with E-state index in [1.165, 1.54) is 11.3 Å². The van der Waals surface area contributed by atoms with Gasteiger partial charge in [0.15, 0.2) is 0 Å². The molecular formula is C12H18BrN. The Morgan fingerprint density at radius 3 is 2.43 bits per heavy atom. The van der Waals surface area contributed by atoms with Crippen LogP contribution in [0.3, 0.4) is 0 Å². The van der Waals surface area contributed by atoms with Crippen LogP contribution >= 0.6 is 15.9 Å². The van der Waals surface area contributed by atoms with E-state index in [0.717, 1.165) is 11.0 Å². The van der Waals surface area contributed by atoms with Crippen molar-refractivity contribution < 1.29 is 0 Å². The van der Waals surface area contributed by atoms with Gasteiger partial charge < -0.3 is 5.32 Å². The zero-order valence-electron chi connectivity index (χ0n) is 9.32. The summed E-state index contributed by atoms with van der Waals surface area (Å²) in [6, 6.07) is 6.31. The Labute approximate surface area is 95.0 Å². The maximum atomic E-state index is 3.46. The van der Waals surface area contributed by atoms with Crippen LogP contribution in [0, 0.1) is 12.3 Å². The van der Waals surface area contributed by atoms with Crippen molar-refractivity contribution in [1.29, 1.82) is 0 Å². The minimum absolute atomic E-state index is 0.319. The molecule has 0 amide bonds. The second kappa shape index (κ2) is 4.35. The monoisotopic (exact) mass is 255 g/mol. The van der Waals surface area contributed by atoms with Crippen LogP contribution in [0.4, 0.5) is 5.69 Å². The summed E-state index contributed by atoms with van der Waals surface area (Å²) in [6.07, 6.45) is 0. The fourth-order valence-electron chi connectivity index (χ4n) is 1.19. The fourth-order valence-corrected chi connectivity index (χ4v) is 1.66. The predicted octanol–water partition coefficient (Wildman–Crippen LogP) is 4.22. The first-order valence-corrected chi connectivity index (χ1v) is 5.68. The van der Waals surface area contributed by atoms with Crippen molar-refractivity contribution in [2.45, 2.75) is 27.7 Å². The van der Waals surface area contributed by atoms with Crippen LogP contribution in [0.5, 0.6) is 0 Å². The SMILES string of the molecule is Cc1cc(Br)ccc1NCC(C)(C)C. The van der Waals surface area contributed by atoms with Gasteiger partial charge in [0.1, 0.15) is 0 Å². The molecule has 0 atom stereocenters. The van der Waals surface area contributed by atoms with Gasteiger partial charge in [0.25, 0.3) is 0 Å². The highest BCUT2D eigenvalue weighted by Gasteiger charge is 2.09. The zero-order valence-corrected chi connectivity index (χ0v) is 10.9. The molecule has 0 radical (unpaired) electrons. The molecular weight excluding hydrogens is 238 g/mol. The third-order valence-electron chi connectivity index (χ3n) is 2.00. The Bertz CT molecular complexity index is 313. The molecule has 2 heteroatoms. The molecule has 0 aromatic heterocycles. The number of nitrogens with one attached hydrogen (secondary N) is 1. The number of anilines is 1. The minimum atomic E-state index is 0.319. The summed E-state index contributed by atoms with van der Waals surface area (Å²) in [5.41, 5.74) is 2.83. The molecule has 14 heavy (non-hydrogen) atoms. The fraction of sp³-hybridized carbons (Fsp3) is 0.500. The lowest BCUT2D eigenvalue weighted by atomic mass is 9.97. The molecule has 0 unspecified atom stereocenters. The molecule has 1 aromatic rings. The van der Waals surface area contributed by atoms with Gasteiger partial charge in [-0.1, -0.05) is 36.7 Å². The Morgan fingerprint density at radius 2 is 1.93 bits per heavy atom. The van der Waals surface area contributed by atoms with E-state index < -0.39 is 0 Å². The number of hydrogen-bond acceptors (Lipinski definition) is 1. The molecule has 0 aliphatic carbocycles. The molecule has 0 saturated heterocycles. The quantitative estimate of drug-likeness (QED) is 0.835. The summed E-state index contributed by atoms with van der Waals surface area (Å²) in [6.45, 7) is 9.81. The van der Waals surface area contributed by atoms with Gasteiger partial charge in [0.2, 0.25) is 0 Å². The first-order valence-electron chi connectivity index (χ1n) is 4.88. The topological polar surface area (TPSA) is 12.0 Å². The van der Waals surface area contributed by atoms with E-state index in [1.807, 2.05) is 0 Å². The summed E-state index contributed by atoms with van der Waals surface area (Å²) < 4.78 is 1.14. The summed E-state index contributed by atoms with van der Waals surface area (Å²) in [5, 5.41) is 3.46. The maximum Gasteiger partial charge on any atom is 0.0370 e. The van der Waals surface area contributed by atoms with E-state index in [9.17, 15) is 0 Å². The van der Waals surface area contributed by atoms with Gasteiger partial charge in [0, 0.05) is 16.7 Å². The van der Waals surface area contributed by atoms with Crippen molar-refractivity contribution in [3.8, 4) is 0 Å². The molecule has 0 fully saturated rings. The Kier molecular flexibility index (Phi) is 3.59. The molecule has 78 valence electrons. The largest absolute Gasteiger partial charge is 0.384 e. The number of aryl methyl sites for hydroxylation is 1. The Hall–Kier alpha value is -0.500. The zero-order chi connectivity index (χ0) is 10.8. The lowest BCUT2D eigenvalue weighted by Crippen LogP contribution is -2.19. The van der Waals surface area contributed by atoms with Gasteiger partial charge in [-0.15, -0.1) is 0 Å². The van der Waals surface area contributed by atoms with Gasteiger partial charge in [-0.05, 0) is 36.1 Å². The standard InChI is InChI=1S/C12H18BrN/c1-9-7-10(13)5-6-11(9)14-8-12(2,3)4/h5-7,14H,8H2,1-4H3. The second-order valence-electron chi connectivity index (χ2n) is 4.87. The Balaban J connectivity index is 2.68. The van der Waals surface area contributed by atoms with Crippen LogP contribution in [0.25, 0.3) is 0 Å². The molecule has 0 saturated carbocycles. The average molecular weight is 256 g/mol. The number of halogens is 1. The van der Waals surface area contributed by atoms with Gasteiger partial charge >= 0.3 is 0 Å². The van der Waals surface area contributed by atoms with Gasteiger partial charge in [-0.25, -0.2) is 0 Å². The summed E-state index contributed by atoms with van der Waals surface area (Å²) in [4.78, 5) is 0. The number of rotatable bonds is 2. The molecule has 1 N–H and O–H groups in total. The van der Waals surface area contributed by atoms with Crippen molar-refractivity contribution in [2.75, 3.05) is 11.9 Å². The Morgan fingerprint density at radius 1 is 1.29 bits per heavy atom. The van der Waals surface area contributed by atoms with Crippen LogP contribution in [0.2, 0.25) is 0 Å². The van der Waals surface area contributed by atoms with Crippen molar-refractivity contribution in [2.24, 2.45) is 5.41 Å². The first kappa shape index (κ1) is 11.6. The summed E-state index contributed by atoms with van der Waals surface area (Å²) in [5.74, 6) is 0. The average Bonchev–Trinajstić information content (AvgIpc) is 2.00. The highest BCUT2D eigenvalue weighted by molar-refractivity contribution is 9.10. The van der Waals surface area contributed by atoms with Crippen LogP contribution < -0.4 is 5.32 Å². The molecule has 1 aromatic carbocycles. The summed E-state index contributed by atoms with van der Waals surface area (Å²) in [7, 11) is 0. The van der Waals surface area contributed by atoms with Gasteiger partial charge in [-0.2, -0.15) is 0 Å². The molecule has 1 rings (SSSR count). The van der Waals surface area contributed by atoms with E-state index in [2.05, 4.69) is 67.1 Å². The van der Waals surface area contributed by atoms with E-state index >= 15 is 0 Å². The third-order valence-corrected chi connectivity index (χ3v) is 2.49. The van der Waals surface area contributed by atoms with Crippen LogP contribution in [0.1, 0.15) is 26.3 Å². The normalized spacial score (nSPS) is 11.5. The molecule has 0 aliphatic rings. The van der Waals surface area contributed by atoms with Crippen molar-refractivity contribution in [3.63, 3.8) is 0 Å². The highest BCUT2D eigenvalue weighted by atomic mass is 79.9. The minimum Gasteiger partial charge on any atom is -0.384 e. The van der Waals surface area contributed by atoms with E-state index in [-0.39, 0.29) is 0 Å². The number of benzene rings is 1. The highest BCUT2D eigenvalue weighted by Crippen LogP contribution is 2.22.